The zero-order valence-electron chi connectivity index (χ0n) is 11.6. The molecule has 0 atom stereocenters. The zero-order chi connectivity index (χ0) is 14.8. The van der Waals surface area contributed by atoms with E-state index in [4.69, 9.17) is 5.11 Å². The highest BCUT2D eigenvalue weighted by Crippen LogP contribution is 2.39. The second kappa shape index (κ2) is 5.66. The smallest absolute Gasteiger partial charge is 0.313 e. The lowest BCUT2D eigenvalue weighted by atomic mass is 10.1. The van der Waals surface area contributed by atoms with Crippen molar-refractivity contribution in [3.63, 3.8) is 0 Å². The summed E-state index contributed by atoms with van der Waals surface area (Å²) >= 11 is 1.38. The number of carboxylic acids is 1. The Morgan fingerprint density at radius 1 is 1.10 bits per heavy atom. The van der Waals surface area contributed by atoms with Crippen LogP contribution in [-0.2, 0) is 11.8 Å². The SMILES string of the molecule is Cn1c(-c2ccccc2)c(SCC(=O)O)c2ccccc21. The molecule has 0 amide bonds. The minimum Gasteiger partial charge on any atom is -0.481 e. The van der Waals surface area contributed by atoms with Gasteiger partial charge in [0.05, 0.1) is 11.4 Å². The van der Waals surface area contributed by atoms with Crippen molar-refractivity contribution in [3.8, 4) is 11.3 Å². The van der Waals surface area contributed by atoms with E-state index in [1.807, 2.05) is 43.4 Å². The van der Waals surface area contributed by atoms with Crippen LogP contribution < -0.4 is 0 Å². The number of thioether (sulfide) groups is 1. The van der Waals surface area contributed by atoms with E-state index in [1.54, 1.807) is 0 Å². The first kappa shape index (κ1) is 13.8. The molecule has 2 aromatic carbocycles. The summed E-state index contributed by atoms with van der Waals surface area (Å²) in [6.45, 7) is 0. The number of para-hydroxylation sites is 1. The summed E-state index contributed by atoms with van der Waals surface area (Å²) in [5, 5.41) is 10.1. The number of aliphatic carboxylic acids is 1. The third-order valence-corrected chi connectivity index (χ3v) is 4.54. The monoisotopic (exact) mass is 297 g/mol. The van der Waals surface area contributed by atoms with E-state index in [2.05, 4.69) is 22.8 Å². The zero-order valence-corrected chi connectivity index (χ0v) is 12.4. The summed E-state index contributed by atoms with van der Waals surface area (Å²) in [7, 11) is 2.02. The average molecular weight is 297 g/mol. The second-order valence-corrected chi connectivity index (χ2v) is 5.79. The molecule has 106 valence electrons. The molecule has 0 spiro atoms. The van der Waals surface area contributed by atoms with Crippen LogP contribution in [0.3, 0.4) is 0 Å². The number of hydrogen-bond donors (Lipinski definition) is 1. The molecule has 0 aliphatic heterocycles. The maximum absolute atomic E-state index is 10.9. The van der Waals surface area contributed by atoms with Gasteiger partial charge in [-0.1, -0.05) is 48.5 Å². The molecule has 0 saturated carbocycles. The van der Waals surface area contributed by atoms with Gasteiger partial charge in [-0.3, -0.25) is 4.79 Å². The Bertz CT molecular complexity index is 793. The maximum Gasteiger partial charge on any atom is 0.313 e. The molecule has 21 heavy (non-hydrogen) atoms. The van der Waals surface area contributed by atoms with Crippen molar-refractivity contribution in [2.75, 3.05) is 5.75 Å². The summed E-state index contributed by atoms with van der Waals surface area (Å²) in [5.74, 6) is -0.736. The predicted octanol–water partition coefficient (Wildman–Crippen LogP) is 4.02. The molecule has 0 unspecified atom stereocenters. The van der Waals surface area contributed by atoms with Crippen LogP contribution in [0.1, 0.15) is 0 Å². The Hall–Kier alpha value is -2.20. The molecular formula is C17H15NO2S. The molecule has 0 bridgehead atoms. The first-order chi connectivity index (χ1) is 10.2. The van der Waals surface area contributed by atoms with E-state index in [1.165, 1.54) is 11.8 Å². The third kappa shape index (κ3) is 2.54. The van der Waals surface area contributed by atoms with Crippen molar-refractivity contribution in [2.45, 2.75) is 4.90 Å². The van der Waals surface area contributed by atoms with Crippen molar-refractivity contribution in [3.05, 3.63) is 54.6 Å². The largest absolute Gasteiger partial charge is 0.481 e. The highest BCUT2D eigenvalue weighted by atomic mass is 32.2. The molecule has 0 aliphatic carbocycles. The summed E-state index contributed by atoms with van der Waals surface area (Å²) in [6, 6.07) is 18.2. The van der Waals surface area contributed by atoms with Crippen molar-refractivity contribution < 1.29 is 9.90 Å². The molecular weight excluding hydrogens is 282 g/mol. The van der Waals surface area contributed by atoms with Gasteiger partial charge in [-0.25, -0.2) is 0 Å². The number of fused-ring (bicyclic) bond motifs is 1. The number of aryl methyl sites for hydroxylation is 1. The summed E-state index contributed by atoms with van der Waals surface area (Å²) in [5.41, 5.74) is 3.29. The van der Waals surface area contributed by atoms with E-state index in [0.29, 0.717) is 0 Å². The Morgan fingerprint density at radius 3 is 2.48 bits per heavy atom. The average Bonchev–Trinajstić information content (AvgIpc) is 2.79. The fourth-order valence-corrected chi connectivity index (χ4v) is 3.55. The van der Waals surface area contributed by atoms with Crippen LogP contribution in [0.4, 0.5) is 0 Å². The fraction of sp³-hybridized carbons (Fsp3) is 0.118. The van der Waals surface area contributed by atoms with Gasteiger partial charge < -0.3 is 9.67 Å². The standard InChI is InChI=1S/C17H15NO2S/c1-18-14-10-6-5-9-13(14)17(21-11-15(19)20)16(18)12-7-3-2-4-8-12/h2-10H,11H2,1H3,(H,19,20). The van der Waals surface area contributed by atoms with Crippen LogP contribution >= 0.6 is 11.8 Å². The van der Waals surface area contributed by atoms with Crippen LogP contribution in [0, 0.1) is 0 Å². The Morgan fingerprint density at radius 2 is 1.76 bits per heavy atom. The van der Waals surface area contributed by atoms with E-state index in [-0.39, 0.29) is 5.75 Å². The topological polar surface area (TPSA) is 42.2 Å². The number of carboxylic acid groups (broad SMARTS) is 1. The van der Waals surface area contributed by atoms with Crippen molar-refractivity contribution >= 4 is 28.6 Å². The number of benzene rings is 2. The van der Waals surface area contributed by atoms with E-state index in [9.17, 15) is 4.79 Å². The minimum absolute atomic E-state index is 0.0633. The van der Waals surface area contributed by atoms with Crippen LogP contribution in [-0.4, -0.2) is 21.4 Å². The predicted molar refractivity (Wildman–Crippen MR) is 86.7 cm³/mol. The van der Waals surface area contributed by atoms with Gasteiger partial charge in [0, 0.05) is 22.8 Å². The highest BCUT2D eigenvalue weighted by molar-refractivity contribution is 8.00. The molecule has 0 fully saturated rings. The molecule has 3 rings (SSSR count). The molecule has 1 aromatic heterocycles. The maximum atomic E-state index is 10.9. The Balaban J connectivity index is 2.23. The molecule has 3 nitrogen and oxygen atoms in total. The second-order valence-electron chi connectivity index (χ2n) is 4.80. The van der Waals surface area contributed by atoms with Gasteiger partial charge in [0.1, 0.15) is 0 Å². The van der Waals surface area contributed by atoms with Crippen molar-refractivity contribution in [2.24, 2.45) is 7.05 Å². The third-order valence-electron chi connectivity index (χ3n) is 3.45. The van der Waals surface area contributed by atoms with Gasteiger partial charge in [-0.15, -0.1) is 11.8 Å². The van der Waals surface area contributed by atoms with Crippen LogP contribution in [0.15, 0.2) is 59.5 Å². The number of carbonyl (C=O) groups is 1. The molecule has 1 N–H and O–H groups in total. The van der Waals surface area contributed by atoms with Crippen molar-refractivity contribution in [1.82, 2.24) is 4.57 Å². The van der Waals surface area contributed by atoms with Crippen LogP contribution in [0.5, 0.6) is 0 Å². The first-order valence-electron chi connectivity index (χ1n) is 6.66. The van der Waals surface area contributed by atoms with E-state index < -0.39 is 5.97 Å². The number of hydrogen-bond acceptors (Lipinski definition) is 2. The lowest BCUT2D eigenvalue weighted by molar-refractivity contribution is -0.133. The van der Waals surface area contributed by atoms with Gasteiger partial charge in [-0.05, 0) is 11.6 Å². The van der Waals surface area contributed by atoms with Gasteiger partial charge in [0.15, 0.2) is 0 Å². The molecule has 0 aliphatic rings. The normalized spacial score (nSPS) is 10.9. The van der Waals surface area contributed by atoms with E-state index >= 15 is 0 Å². The Labute approximate surface area is 127 Å². The lowest BCUT2D eigenvalue weighted by Crippen LogP contribution is -1.98. The quantitative estimate of drug-likeness (QED) is 0.739. The van der Waals surface area contributed by atoms with Gasteiger partial charge in [0.2, 0.25) is 0 Å². The number of rotatable bonds is 4. The van der Waals surface area contributed by atoms with Gasteiger partial charge in [-0.2, -0.15) is 0 Å². The van der Waals surface area contributed by atoms with E-state index in [0.717, 1.165) is 27.1 Å². The number of nitrogens with zero attached hydrogens (tertiary/aromatic N) is 1. The molecule has 1 heterocycles. The van der Waals surface area contributed by atoms with Crippen LogP contribution in [0.2, 0.25) is 0 Å². The summed E-state index contributed by atoms with van der Waals surface area (Å²) in [4.78, 5) is 12.0. The summed E-state index contributed by atoms with van der Waals surface area (Å²) in [6.07, 6.45) is 0. The van der Waals surface area contributed by atoms with Gasteiger partial charge in [0.25, 0.3) is 0 Å². The summed E-state index contributed by atoms with van der Waals surface area (Å²) < 4.78 is 2.13. The molecule has 0 saturated heterocycles. The van der Waals surface area contributed by atoms with Crippen LogP contribution in [0.25, 0.3) is 22.2 Å². The first-order valence-corrected chi connectivity index (χ1v) is 7.64. The number of aromatic nitrogens is 1. The molecule has 0 radical (unpaired) electrons. The molecule has 3 aromatic rings. The van der Waals surface area contributed by atoms with Crippen molar-refractivity contribution in [1.29, 1.82) is 0 Å². The Kier molecular flexibility index (Phi) is 3.71. The van der Waals surface area contributed by atoms with Gasteiger partial charge >= 0.3 is 5.97 Å². The minimum atomic E-state index is -0.799. The highest BCUT2D eigenvalue weighted by Gasteiger charge is 2.17. The lowest BCUT2D eigenvalue weighted by Gasteiger charge is -2.07. The fourth-order valence-electron chi connectivity index (χ4n) is 2.56. The molecule has 4 heteroatoms.